The van der Waals surface area contributed by atoms with Crippen LogP contribution in [0, 0.1) is 0 Å². The van der Waals surface area contributed by atoms with E-state index in [2.05, 4.69) is 17.1 Å². The summed E-state index contributed by atoms with van der Waals surface area (Å²) in [5.41, 5.74) is 1.97. The fraction of sp³-hybridized carbons (Fsp3) is 0.300. The lowest BCUT2D eigenvalue weighted by atomic mass is 10.1. The molecule has 0 radical (unpaired) electrons. The second kappa shape index (κ2) is 7.23. The molecule has 128 valence electrons. The van der Waals surface area contributed by atoms with Crippen LogP contribution in [0.4, 0.5) is 5.69 Å². The Morgan fingerprint density at radius 1 is 1.12 bits per heavy atom. The number of carbonyl (C=O) groups excluding carboxylic acids is 1. The molecule has 0 spiro atoms. The number of ether oxygens (including phenoxy) is 1. The topological polar surface area (TPSA) is 42.4 Å². The van der Waals surface area contributed by atoms with Crippen LogP contribution in [-0.4, -0.2) is 24.0 Å². The maximum atomic E-state index is 12.6. The van der Waals surface area contributed by atoms with Crippen molar-refractivity contribution in [3.63, 3.8) is 0 Å². The Bertz CT molecular complexity index is 857. The number of hydrogen-bond acceptors (Lipinski definition) is 4. The van der Waals surface area contributed by atoms with Crippen molar-refractivity contribution in [3.05, 3.63) is 53.5 Å². The Morgan fingerprint density at radius 2 is 1.96 bits per heavy atom. The van der Waals surface area contributed by atoms with E-state index in [-0.39, 0.29) is 5.91 Å². The smallest absolute Gasteiger partial charge is 0.227 e. The van der Waals surface area contributed by atoms with Crippen molar-refractivity contribution in [2.75, 3.05) is 18.1 Å². The molecule has 4 nitrogen and oxygen atoms in total. The molecular formula is C20H20N2O2S. The summed E-state index contributed by atoms with van der Waals surface area (Å²) in [6.07, 6.45) is 3.37. The van der Waals surface area contributed by atoms with Gasteiger partial charge in [0.2, 0.25) is 5.91 Å². The first-order chi connectivity index (χ1) is 12.3. The number of anilines is 1. The predicted molar refractivity (Wildman–Crippen MR) is 101 cm³/mol. The summed E-state index contributed by atoms with van der Waals surface area (Å²) >= 11 is 1.75. The summed E-state index contributed by atoms with van der Waals surface area (Å²) in [6.45, 7) is 1.20. The first-order valence-electron chi connectivity index (χ1n) is 8.68. The van der Waals surface area contributed by atoms with Crippen LogP contribution in [0.5, 0.6) is 5.75 Å². The molecular weight excluding hydrogens is 332 g/mol. The van der Waals surface area contributed by atoms with Gasteiger partial charge in [-0.2, -0.15) is 0 Å². The molecule has 0 bridgehead atoms. The van der Waals surface area contributed by atoms with Gasteiger partial charge in [-0.05, 0) is 43.5 Å². The van der Waals surface area contributed by atoms with Gasteiger partial charge in [-0.1, -0.05) is 24.3 Å². The highest BCUT2D eigenvalue weighted by Crippen LogP contribution is 2.31. The number of benzene rings is 2. The van der Waals surface area contributed by atoms with Gasteiger partial charge in [-0.3, -0.25) is 4.79 Å². The van der Waals surface area contributed by atoms with Crippen LogP contribution in [0.3, 0.4) is 0 Å². The largest absolute Gasteiger partial charge is 0.490 e. The van der Waals surface area contributed by atoms with Gasteiger partial charge in [0, 0.05) is 6.42 Å². The molecule has 1 amide bonds. The molecule has 0 aliphatic carbocycles. The second-order valence-electron chi connectivity index (χ2n) is 6.14. The first-order valence-corrected chi connectivity index (χ1v) is 9.49. The zero-order valence-electron chi connectivity index (χ0n) is 14.0. The predicted octanol–water partition coefficient (Wildman–Crippen LogP) is 4.43. The molecule has 0 fully saturated rings. The van der Waals surface area contributed by atoms with Gasteiger partial charge in [0.05, 0.1) is 27.5 Å². The Hall–Kier alpha value is -2.40. The summed E-state index contributed by atoms with van der Waals surface area (Å²) in [7, 11) is 0. The number of para-hydroxylation sites is 3. The number of hydrogen-bond donors (Lipinski definition) is 0. The molecule has 1 aliphatic heterocycles. The standard InChI is InChI=1S/C20H20N2O2S/c23-20(22-13-14-24-17-9-3-2-8-16(17)22)12-6-5-11-19-21-15-7-1-4-10-18(15)25-19/h1-4,7-10H,5-6,11-14H2. The second-order valence-corrected chi connectivity index (χ2v) is 7.26. The quantitative estimate of drug-likeness (QED) is 0.638. The molecule has 0 atom stereocenters. The first kappa shape index (κ1) is 16.1. The highest BCUT2D eigenvalue weighted by Gasteiger charge is 2.22. The summed E-state index contributed by atoms with van der Waals surface area (Å²) in [5, 5.41) is 1.16. The van der Waals surface area contributed by atoms with E-state index in [0.717, 1.165) is 41.2 Å². The van der Waals surface area contributed by atoms with E-state index < -0.39 is 0 Å². The van der Waals surface area contributed by atoms with E-state index >= 15 is 0 Å². The summed E-state index contributed by atoms with van der Waals surface area (Å²) in [4.78, 5) is 19.1. The Morgan fingerprint density at radius 3 is 2.88 bits per heavy atom. The monoisotopic (exact) mass is 352 g/mol. The average Bonchev–Trinajstić information content (AvgIpc) is 3.07. The number of carbonyl (C=O) groups is 1. The van der Waals surface area contributed by atoms with Crippen molar-refractivity contribution in [2.45, 2.75) is 25.7 Å². The molecule has 1 aromatic heterocycles. The van der Waals surface area contributed by atoms with Crippen molar-refractivity contribution in [2.24, 2.45) is 0 Å². The number of fused-ring (bicyclic) bond motifs is 2. The molecule has 3 aromatic rings. The third-order valence-corrected chi connectivity index (χ3v) is 5.50. The van der Waals surface area contributed by atoms with Crippen molar-refractivity contribution >= 4 is 33.1 Å². The van der Waals surface area contributed by atoms with Crippen LogP contribution in [-0.2, 0) is 11.2 Å². The van der Waals surface area contributed by atoms with Crippen LogP contribution in [0.1, 0.15) is 24.3 Å². The normalized spacial score (nSPS) is 13.5. The molecule has 0 N–H and O–H groups in total. The van der Waals surface area contributed by atoms with Crippen LogP contribution < -0.4 is 9.64 Å². The Labute approximate surface area is 151 Å². The maximum absolute atomic E-state index is 12.6. The minimum Gasteiger partial charge on any atom is -0.490 e. The molecule has 0 unspecified atom stereocenters. The molecule has 5 heteroatoms. The maximum Gasteiger partial charge on any atom is 0.227 e. The van der Waals surface area contributed by atoms with Gasteiger partial charge in [0.15, 0.2) is 0 Å². The van der Waals surface area contributed by atoms with Gasteiger partial charge in [-0.25, -0.2) is 4.98 Å². The molecule has 25 heavy (non-hydrogen) atoms. The number of aromatic nitrogens is 1. The van der Waals surface area contributed by atoms with Crippen molar-refractivity contribution < 1.29 is 9.53 Å². The number of unbranched alkanes of at least 4 members (excludes halogenated alkanes) is 1. The highest BCUT2D eigenvalue weighted by atomic mass is 32.1. The summed E-state index contributed by atoms with van der Waals surface area (Å²) in [6, 6.07) is 16.0. The number of aryl methyl sites for hydroxylation is 1. The van der Waals surface area contributed by atoms with Crippen molar-refractivity contribution in [3.8, 4) is 5.75 Å². The lowest BCUT2D eigenvalue weighted by Crippen LogP contribution is -2.37. The minimum absolute atomic E-state index is 0.181. The van der Waals surface area contributed by atoms with E-state index in [1.807, 2.05) is 41.3 Å². The number of rotatable bonds is 5. The molecule has 1 aliphatic rings. The lowest BCUT2D eigenvalue weighted by Gasteiger charge is -2.29. The number of amides is 1. The van der Waals surface area contributed by atoms with Crippen molar-refractivity contribution in [1.82, 2.24) is 4.98 Å². The third-order valence-electron chi connectivity index (χ3n) is 4.40. The lowest BCUT2D eigenvalue weighted by molar-refractivity contribution is -0.119. The van der Waals surface area contributed by atoms with E-state index in [0.29, 0.717) is 19.6 Å². The number of thiazole rings is 1. The summed E-state index contributed by atoms with van der Waals surface area (Å²) < 4.78 is 6.85. The highest BCUT2D eigenvalue weighted by molar-refractivity contribution is 7.18. The average molecular weight is 352 g/mol. The van der Waals surface area contributed by atoms with E-state index in [1.165, 1.54) is 4.70 Å². The molecule has 2 heterocycles. The zero-order chi connectivity index (χ0) is 17.1. The summed E-state index contributed by atoms with van der Waals surface area (Å²) in [5.74, 6) is 0.983. The van der Waals surface area contributed by atoms with E-state index in [9.17, 15) is 4.79 Å². The molecule has 4 rings (SSSR count). The molecule has 0 saturated heterocycles. The fourth-order valence-corrected chi connectivity index (χ4v) is 4.15. The van der Waals surface area contributed by atoms with Gasteiger partial charge < -0.3 is 9.64 Å². The van der Waals surface area contributed by atoms with Crippen LogP contribution in [0.15, 0.2) is 48.5 Å². The third kappa shape index (κ3) is 3.51. The van der Waals surface area contributed by atoms with E-state index in [4.69, 9.17) is 4.74 Å². The molecule has 0 saturated carbocycles. The van der Waals surface area contributed by atoms with Gasteiger partial charge in [-0.15, -0.1) is 11.3 Å². The Balaban J connectivity index is 1.31. The minimum atomic E-state index is 0.181. The van der Waals surface area contributed by atoms with Crippen LogP contribution in [0.2, 0.25) is 0 Å². The van der Waals surface area contributed by atoms with Crippen molar-refractivity contribution in [1.29, 1.82) is 0 Å². The van der Waals surface area contributed by atoms with E-state index in [1.54, 1.807) is 11.3 Å². The zero-order valence-corrected chi connectivity index (χ0v) is 14.8. The Kier molecular flexibility index (Phi) is 4.65. The fourth-order valence-electron chi connectivity index (χ4n) is 3.14. The SMILES string of the molecule is O=C(CCCCc1nc2ccccc2s1)N1CCOc2ccccc21. The van der Waals surface area contributed by atoms with Gasteiger partial charge >= 0.3 is 0 Å². The number of nitrogens with zero attached hydrogens (tertiary/aromatic N) is 2. The van der Waals surface area contributed by atoms with Gasteiger partial charge in [0.1, 0.15) is 12.4 Å². The molecule has 2 aromatic carbocycles. The van der Waals surface area contributed by atoms with Gasteiger partial charge in [0.25, 0.3) is 0 Å². The van der Waals surface area contributed by atoms with Crippen LogP contribution in [0.25, 0.3) is 10.2 Å². The van der Waals surface area contributed by atoms with Crippen LogP contribution >= 0.6 is 11.3 Å².